The summed E-state index contributed by atoms with van der Waals surface area (Å²) in [5.74, 6) is -7.80. The van der Waals surface area contributed by atoms with Gasteiger partial charge in [0, 0.05) is 44.4 Å². The lowest BCUT2D eigenvalue weighted by atomic mass is 9.74. The molecule has 58 heavy (non-hydrogen) atoms. The Morgan fingerprint density at radius 1 is 0.897 bits per heavy atom. The lowest BCUT2D eigenvalue weighted by Crippen LogP contribution is -2.61. The van der Waals surface area contributed by atoms with Crippen molar-refractivity contribution in [3.63, 3.8) is 0 Å². The van der Waals surface area contributed by atoms with E-state index in [1.807, 2.05) is 25.9 Å². The Hall–Kier alpha value is -1.62. The molecule has 0 saturated carbocycles. The Kier molecular flexibility index (Phi) is 18.8. The average Bonchev–Trinajstić information content (AvgIpc) is 3.15. The van der Waals surface area contributed by atoms with Crippen LogP contribution in [0.25, 0.3) is 0 Å². The predicted molar refractivity (Wildman–Crippen MR) is 209 cm³/mol. The van der Waals surface area contributed by atoms with E-state index < -0.39 is 102 Å². The van der Waals surface area contributed by atoms with Crippen LogP contribution in [0.1, 0.15) is 88.0 Å². The van der Waals surface area contributed by atoms with E-state index in [0.29, 0.717) is 13.0 Å². The second kappa shape index (κ2) is 21.4. The Morgan fingerprint density at radius 2 is 1.55 bits per heavy atom. The van der Waals surface area contributed by atoms with Crippen molar-refractivity contribution in [2.75, 3.05) is 48.3 Å². The maximum Gasteiger partial charge on any atom is 0.311 e. The highest BCUT2D eigenvalue weighted by molar-refractivity contribution is 5.88. The number of aliphatic hydroxyl groups excluding tert-OH is 3. The van der Waals surface area contributed by atoms with E-state index >= 15 is 0 Å². The molecule has 0 bridgehead atoms. The molecular weight excluding hydrogens is 764 g/mol. The monoisotopic (exact) mass is 839 g/mol. The minimum atomic E-state index is -2.97. The van der Waals surface area contributed by atoms with Gasteiger partial charge in [-0.15, -0.1) is 0 Å². The van der Waals surface area contributed by atoms with Crippen molar-refractivity contribution in [1.82, 2.24) is 4.90 Å². The highest BCUT2D eigenvalue weighted by Gasteiger charge is 2.54. The summed E-state index contributed by atoms with van der Waals surface area (Å²) in [6.07, 6.45) is -11.1. The number of esters is 1. The summed E-state index contributed by atoms with van der Waals surface area (Å²) >= 11 is 0. The minimum absolute atomic E-state index is 0.0541. The summed E-state index contributed by atoms with van der Waals surface area (Å²) in [6, 6.07) is -0.352. The van der Waals surface area contributed by atoms with Gasteiger partial charge in [-0.1, -0.05) is 32.9 Å². The van der Waals surface area contributed by atoms with Crippen LogP contribution in [0.3, 0.4) is 0 Å². The Morgan fingerprint density at radius 3 is 2.14 bits per heavy atom. The first kappa shape index (κ1) is 50.7. The van der Waals surface area contributed by atoms with Crippen LogP contribution in [-0.4, -0.2) is 180 Å². The SMILES string of the molecule is CC[C@H]1OC(=O)[C@H](C)[C@@H](O[C@@H]2C[C@@](C)(OC)[C@@H](O)[C@H](C)O2)[C@H](C)[C@@H](O[C@@H]2O[C@H](C)C[C@H](N(C)C)[C@H]2O)[C@](C)(O)C[C@@H](C)/C(=N\OCOCCOC)[C@H](C)[C@@H](O)C1(O)O. The average molecular weight is 839 g/mol. The first-order valence-corrected chi connectivity index (χ1v) is 20.5. The molecule has 17 atom stereocenters. The summed E-state index contributed by atoms with van der Waals surface area (Å²) in [5.41, 5.74) is -2.78. The molecule has 3 saturated heterocycles. The van der Waals surface area contributed by atoms with Crippen LogP contribution in [0.5, 0.6) is 0 Å². The van der Waals surface area contributed by atoms with Gasteiger partial charge in [0.25, 0.3) is 0 Å². The predicted octanol–water partition coefficient (Wildman–Crippen LogP) is 1.14. The number of carbonyl (C=O) groups excluding carboxylic acids is 1. The van der Waals surface area contributed by atoms with Gasteiger partial charge in [0.15, 0.2) is 18.7 Å². The maximum atomic E-state index is 14.2. The third-order valence-electron chi connectivity index (χ3n) is 12.3. The number of rotatable bonds is 13. The van der Waals surface area contributed by atoms with E-state index in [0.717, 1.165) is 0 Å². The topological polar surface area (TPSA) is 237 Å². The Bertz CT molecular complexity index is 1310. The van der Waals surface area contributed by atoms with Crippen LogP contribution in [0, 0.1) is 23.7 Å². The highest BCUT2D eigenvalue weighted by Crippen LogP contribution is 2.41. The molecule has 0 aliphatic carbocycles. The number of ether oxygens (including phenoxy) is 8. The zero-order valence-electron chi connectivity index (χ0n) is 36.8. The number of likely N-dealkylation sites (N-methyl/N-ethyl adjacent to an activating group) is 1. The molecule has 0 radical (unpaired) electrons. The maximum absolute atomic E-state index is 14.2. The molecule has 18 nitrogen and oxygen atoms in total. The lowest BCUT2D eigenvalue weighted by Gasteiger charge is -2.49. The molecule has 0 spiro atoms. The first-order valence-electron chi connectivity index (χ1n) is 20.5. The van der Waals surface area contributed by atoms with E-state index in [1.54, 1.807) is 41.5 Å². The number of methoxy groups -OCH3 is 2. The smallest absolute Gasteiger partial charge is 0.311 e. The van der Waals surface area contributed by atoms with Crippen LogP contribution >= 0.6 is 0 Å². The van der Waals surface area contributed by atoms with Crippen molar-refractivity contribution in [2.24, 2.45) is 28.8 Å². The molecule has 3 aliphatic heterocycles. The van der Waals surface area contributed by atoms with Gasteiger partial charge in [0.05, 0.1) is 60.5 Å². The molecule has 18 heteroatoms. The molecule has 3 fully saturated rings. The number of hydrogen-bond donors (Lipinski definition) is 6. The van der Waals surface area contributed by atoms with Gasteiger partial charge in [0.2, 0.25) is 12.6 Å². The Labute approximate surface area is 344 Å². The first-order chi connectivity index (χ1) is 27.0. The summed E-state index contributed by atoms with van der Waals surface area (Å²) in [4.78, 5) is 21.6. The van der Waals surface area contributed by atoms with E-state index in [2.05, 4.69) is 5.16 Å². The second-order valence-electron chi connectivity index (χ2n) is 17.3. The fourth-order valence-electron chi connectivity index (χ4n) is 8.65. The molecule has 0 amide bonds. The summed E-state index contributed by atoms with van der Waals surface area (Å²) < 4.78 is 47.6. The van der Waals surface area contributed by atoms with Crippen molar-refractivity contribution in [1.29, 1.82) is 0 Å². The van der Waals surface area contributed by atoms with E-state index in [1.165, 1.54) is 28.1 Å². The van der Waals surface area contributed by atoms with Crippen LogP contribution in [0.15, 0.2) is 5.16 Å². The molecule has 3 heterocycles. The largest absolute Gasteiger partial charge is 0.456 e. The molecule has 0 aromatic heterocycles. The number of nitrogens with zero attached hydrogens (tertiary/aromatic N) is 2. The van der Waals surface area contributed by atoms with Gasteiger partial charge in [-0.2, -0.15) is 0 Å². The molecular formula is C40H74N2O16. The van der Waals surface area contributed by atoms with Crippen molar-refractivity contribution in [2.45, 2.75) is 172 Å². The molecule has 3 aliphatic rings. The lowest BCUT2D eigenvalue weighted by molar-refractivity contribution is -0.319. The normalized spacial score (nSPS) is 44.2. The number of carbonyl (C=O) groups is 1. The van der Waals surface area contributed by atoms with Gasteiger partial charge in [-0.05, 0) is 68.0 Å². The number of hydrogen-bond acceptors (Lipinski definition) is 18. The van der Waals surface area contributed by atoms with E-state index in [9.17, 15) is 35.4 Å². The third-order valence-corrected chi connectivity index (χ3v) is 12.3. The van der Waals surface area contributed by atoms with Gasteiger partial charge in [-0.3, -0.25) is 4.79 Å². The van der Waals surface area contributed by atoms with Gasteiger partial charge in [0.1, 0.15) is 18.3 Å². The molecule has 0 unspecified atom stereocenters. The number of oxime groups is 1. The van der Waals surface area contributed by atoms with Crippen molar-refractivity contribution < 1.29 is 78.2 Å². The van der Waals surface area contributed by atoms with Crippen LogP contribution in [-0.2, 0) is 47.5 Å². The van der Waals surface area contributed by atoms with E-state index in [4.69, 9.17) is 42.7 Å². The number of aliphatic hydroxyl groups is 6. The van der Waals surface area contributed by atoms with Gasteiger partial charge < -0.3 is 78.3 Å². The quantitative estimate of drug-likeness (QED) is 0.0660. The third kappa shape index (κ3) is 12.1. The summed E-state index contributed by atoms with van der Waals surface area (Å²) in [6.45, 7) is 15.1. The second-order valence-corrected chi connectivity index (χ2v) is 17.3. The van der Waals surface area contributed by atoms with Gasteiger partial charge in [-0.25, -0.2) is 0 Å². The summed E-state index contributed by atoms with van der Waals surface area (Å²) in [7, 11) is 6.68. The fourth-order valence-corrected chi connectivity index (χ4v) is 8.65. The number of cyclic esters (lactones) is 1. The van der Waals surface area contributed by atoms with Crippen molar-refractivity contribution in [3.8, 4) is 0 Å². The van der Waals surface area contributed by atoms with Crippen molar-refractivity contribution in [3.05, 3.63) is 0 Å². The minimum Gasteiger partial charge on any atom is -0.456 e. The van der Waals surface area contributed by atoms with Crippen molar-refractivity contribution >= 4 is 11.7 Å². The molecule has 6 N–H and O–H groups in total. The van der Waals surface area contributed by atoms with Crippen LogP contribution in [0.4, 0.5) is 0 Å². The zero-order chi connectivity index (χ0) is 43.9. The zero-order valence-corrected chi connectivity index (χ0v) is 36.8. The Balaban J connectivity index is 2.22. The fraction of sp³-hybridized carbons (Fsp3) is 0.950. The molecule has 3 rings (SSSR count). The van der Waals surface area contributed by atoms with E-state index in [-0.39, 0.29) is 50.5 Å². The summed E-state index contributed by atoms with van der Waals surface area (Å²) in [5, 5.41) is 74.2. The van der Waals surface area contributed by atoms with Crippen LogP contribution in [0.2, 0.25) is 0 Å². The standard InChI is InChI=1S/C40H74N2O16/c1-14-28-40(48,49)33(44)23(4)30(41-53-20-52-16-15-50-12)21(2)18-38(8,47)35(58-37-31(43)27(42(10)11)17-22(3)54-37)24(5)32(25(6)36(46)56-28)57-29-19-39(9,51-13)34(45)26(7)55-29/h21-29,31-35,37,43-45,47-49H,14-20H2,1-13H3/b41-30+/t21-,22-,23+,24+,25-,26+,27+,28-,29-,31-,32+,33-,34+,35-,37+,38-,39-/m1/s1. The van der Waals surface area contributed by atoms with Gasteiger partial charge >= 0.3 is 5.97 Å². The molecule has 340 valence electrons. The molecule has 0 aromatic rings. The highest BCUT2D eigenvalue weighted by atomic mass is 16.7. The molecule has 0 aromatic carbocycles. The van der Waals surface area contributed by atoms with Crippen LogP contribution < -0.4 is 0 Å².